The topological polar surface area (TPSA) is 97.6 Å². The quantitative estimate of drug-likeness (QED) is 0.469. The summed E-state index contributed by atoms with van der Waals surface area (Å²) >= 11 is 5.96. The Morgan fingerprint density at radius 1 is 1.37 bits per heavy atom. The lowest BCUT2D eigenvalue weighted by Crippen LogP contribution is -2.45. The molecule has 0 aliphatic carbocycles. The van der Waals surface area contributed by atoms with E-state index in [-0.39, 0.29) is 23.5 Å². The molecule has 0 saturated heterocycles. The number of hydrogen-bond acceptors (Lipinski definition) is 6. The summed E-state index contributed by atoms with van der Waals surface area (Å²) in [6.45, 7) is 3.35. The zero-order valence-corrected chi connectivity index (χ0v) is 17.0. The van der Waals surface area contributed by atoms with E-state index >= 15 is 0 Å². The first-order valence-corrected chi connectivity index (χ1v) is 9.77. The number of halogens is 2. The van der Waals surface area contributed by atoms with Crippen LogP contribution in [0.1, 0.15) is 18.2 Å². The summed E-state index contributed by atoms with van der Waals surface area (Å²) in [5, 5.41) is 21.7. The Hall–Kier alpha value is -2.75. The molecule has 1 unspecified atom stereocenters. The molecule has 1 atom stereocenters. The molecule has 0 radical (unpaired) electrons. The molecule has 1 aliphatic heterocycles. The van der Waals surface area contributed by atoms with Crippen LogP contribution in [0, 0.1) is 15.9 Å². The summed E-state index contributed by atoms with van der Waals surface area (Å²) in [6.07, 6.45) is 1.90. The number of hydrogen-bond donors (Lipinski definition) is 1. The van der Waals surface area contributed by atoms with Crippen LogP contribution in [0.15, 0.2) is 40.9 Å². The van der Waals surface area contributed by atoms with Crippen molar-refractivity contribution < 1.29 is 18.8 Å². The fourth-order valence-corrected chi connectivity index (χ4v) is 3.96. The number of aromatic nitrogens is 2. The van der Waals surface area contributed by atoms with Crippen molar-refractivity contribution in [2.75, 3.05) is 13.1 Å². The van der Waals surface area contributed by atoms with Crippen LogP contribution in [0.2, 0.25) is 5.28 Å². The minimum absolute atomic E-state index is 0.0401. The maximum Gasteiger partial charge on any atom is 0.383 e. The van der Waals surface area contributed by atoms with E-state index < -0.39 is 10.5 Å². The van der Waals surface area contributed by atoms with Crippen LogP contribution in [0.4, 0.5) is 10.2 Å². The monoisotopic (exact) mass is 434 g/mol. The van der Waals surface area contributed by atoms with E-state index in [1.165, 1.54) is 22.9 Å². The first-order valence-electron chi connectivity index (χ1n) is 9.39. The van der Waals surface area contributed by atoms with Gasteiger partial charge in [-0.25, -0.2) is 4.39 Å². The van der Waals surface area contributed by atoms with Crippen molar-refractivity contribution in [2.45, 2.75) is 32.0 Å². The number of β-amino-alcohol motifs (C(OH)–C–C–N with tert-alkyl or cyclic N) is 1. The van der Waals surface area contributed by atoms with E-state index in [0.29, 0.717) is 31.8 Å². The second-order valence-corrected chi connectivity index (χ2v) is 8.11. The first-order chi connectivity index (χ1) is 14.2. The third-order valence-corrected chi connectivity index (χ3v) is 5.35. The van der Waals surface area contributed by atoms with Crippen molar-refractivity contribution in [2.24, 2.45) is 0 Å². The Morgan fingerprint density at radius 3 is 2.77 bits per heavy atom. The van der Waals surface area contributed by atoms with Gasteiger partial charge in [0.15, 0.2) is 0 Å². The number of nitrogens with zero attached hydrogens (tertiary/aromatic N) is 4. The van der Waals surface area contributed by atoms with Crippen molar-refractivity contribution in [3.8, 4) is 11.3 Å². The fourth-order valence-electron chi connectivity index (χ4n) is 3.76. The summed E-state index contributed by atoms with van der Waals surface area (Å²) in [5.41, 5.74) is 0.646. The second-order valence-electron chi connectivity index (χ2n) is 7.78. The van der Waals surface area contributed by atoms with Crippen LogP contribution in [-0.4, -0.2) is 43.2 Å². The summed E-state index contributed by atoms with van der Waals surface area (Å²) in [6, 6.07) is 8.09. The predicted molar refractivity (Wildman–Crippen MR) is 108 cm³/mol. The molecule has 1 aromatic carbocycles. The molecular formula is C20H20ClFN4O4. The van der Waals surface area contributed by atoms with Crippen LogP contribution in [0.3, 0.4) is 0 Å². The van der Waals surface area contributed by atoms with Gasteiger partial charge in [0, 0.05) is 37.2 Å². The summed E-state index contributed by atoms with van der Waals surface area (Å²) in [5.74, 6) is 0.918. The summed E-state index contributed by atoms with van der Waals surface area (Å²) in [4.78, 5) is 16.0. The van der Waals surface area contributed by atoms with E-state index in [0.717, 1.165) is 16.9 Å². The number of rotatable bonds is 6. The molecule has 0 spiro atoms. The van der Waals surface area contributed by atoms with Gasteiger partial charge in [-0.05, 0) is 58.8 Å². The van der Waals surface area contributed by atoms with Crippen LogP contribution >= 0.6 is 11.6 Å². The van der Waals surface area contributed by atoms with Gasteiger partial charge in [-0.3, -0.25) is 9.47 Å². The van der Waals surface area contributed by atoms with E-state index in [1.807, 2.05) is 6.07 Å². The molecule has 0 bridgehead atoms. The molecule has 4 rings (SSSR count). The highest BCUT2D eigenvalue weighted by atomic mass is 35.5. The molecule has 0 amide bonds. The minimum Gasteiger partial charge on any atom is -0.461 e. The Morgan fingerprint density at radius 2 is 2.10 bits per heavy atom. The van der Waals surface area contributed by atoms with Crippen molar-refractivity contribution >= 4 is 17.4 Å². The van der Waals surface area contributed by atoms with Crippen molar-refractivity contribution in [3.05, 3.63) is 69.1 Å². The number of furan rings is 1. The minimum atomic E-state index is -1.18. The average Bonchev–Trinajstić information content (AvgIpc) is 3.25. The Labute approximate surface area is 176 Å². The number of aliphatic hydroxyl groups is 1. The molecule has 158 valence electrons. The van der Waals surface area contributed by atoms with E-state index in [1.54, 1.807) is 19.1 Å². The molecule has 8 nitrogen and oxygen atoms in total. The summed E-state index contributed by atoms with van der Waals surface area (Å²) < 4.78 is 20.5. The van der Waals surface area contributed by atoms with Gasteiger partial charge in [0.1, 0.15) is 23.5 Å². The van der Waals surface area contributed by atoms with Crippen LogP contribution in [0.5, 0.6) is 0 Å². The maximum atomic E-state index is 13.2. The van der Waals surface area contributed by atoms with Gasteiger partial charge in [-0.1, -0.05) is 0 Å². The third-order valence-electron chi connectivity index (χ3n) is 5.05. The lowest BCUT2D eigenvalue weighted by atomic mass is 10.0. The molecule has 10 heteroatoms. The molecule has 2 aromatic heterocycles. The van der Waals surface area contributed by atoms with Gasteiger partial charge >= 0.3 is 11.1 Å². The van der Waals surface area contributed by atoms with Crippen LogP contribution in [-0.2, 0) is 19.5 Å². The molecule has 0 fully saturated rings. The first kappa shape index (κ1) is 20.5. The van der Waals surface area contributed by atoms with Crippen LogP contribution < -0.4 is 0 Å². The molecule has 30 heavy (non-hydrogen) atoms. The summed E-state index contributed by atoms with van der Waals surface area (Å²) in [7, 11) is 0. The molecule has 1 aliphatic rings. The predicted octanol–water partition coefficient (Wildman–Crippen LogP) is 3.65. The zero-order chi connectivity index (χ0) is 21.5. The van der Waals surface area contributed by atoms with Gasteiger partial charge in [0.2, 0.25) is 0 Å². The highest BCUT2D eigenvalue weighted by Gasteiger charge is 2.30. The van der Waals surface area contributed by atoms with Gasteiger partial charge in [-0.15, -0.1) is 0 Å². The van der Waals surface area contributed by atoms with E-state index in [9.17, 15) is 19.6 Å². The standard InChI is InChI=1S/C20H20ClFN4O4/c1-20(27,12-25-10-18(26(28)29)23-19(25)21)11-24-7-6-16-14(9-24)8-17(30-16)13-2-4-15(22)5-3-13/h2-5,8,10,27H,6-7,9,11-12H2,1H3. The number of fused-ring (bicyclic) bond motifs is 1. The molecular weight excluding hydrogens is 415 g/mol. The number of imidazole rings is 1. The Kier molecular flexibility index (Phi) is 5.35. The smallest absolute Gasteiger partial charge is 0.383 e. The lowest BCUT2D eigenvalue weighted by molar-refractivity contribution is -0.389. The molecule has 1 N–H and O–H groups in total. The SMILES string of the molecule is CC(O)(CN1CCc2oc(-c3ccc(F)cc3)cc2C1)Cn1cc([N+](=O)[O-])nc1Cl. The molecule has 0 saturated carbocycles. The maximum absolute atomic E-state index is 13.2. The highest BCUT2D eigenvalue weighted by molar-refractivity contribution is 6.28. The molecule has 3 aromatic rings. The van der Waals surface area contributed by atoms with Crippen molar-refractivity contribution in [3.63, 3.8) is 0 Å². The molecule has 3 heterocycles. The normalized spacial score (nSPS) is 16.3. The van der Waals surface area contributed by atoms with E-state index in [2.05, 4.69) is 9.88 Å². The van der Waals surface area contributed by atoms with Crippen molar-refractivity contribution in [1.82, 2.24) is 14.5 Å². The zero-order valence-electron chi connectivity index (χ0n) is 16.2. The number of benzene rings is 1. The van der Waals surface area contributed by atoms with Gasteiger partial charge in [-0.2, -0.15) is 0 Å². The Balaban J connectivity index is 1.44. The van der Waals surface area contributed by atoms with Gasteiger partial charge in [0.25, 0.3) is 0 Å². The third kappa shape index (κ3) is 4.38. The second kappa shape index (κ2) is 7.82. The number of nitro groups is 1. The largest absolute Gasteiger partial charge is 0.461 e. The average molecular weight is 435 g/mol. The fraction of sp³-hybridized carbons (Fsp3) is 0.350. The lowest BCUT2D eigenvalue weighted by Gasteiger charge is -2.33. The van der Waals surface area contributed by atoms with Gasteiger partial charge < -0.3 is 19.6 Å². The van der Waals surface area contributed by atoms with Crippen LogP contribution in [0.25, 0.3) is 11.3 Å². The van der Waals surface area contributed by atoms with Crippen molar-refractivity contribution in [1.29, 1.82) is 0 Å². The Bertz CT molecular complexity index is 1080. The highest BCUT2D eigenvalue weighted by Crippen LogP contribution is 2.30. The van der Waals surface area contributed by atoms with Gasteiger partial charge in [0.05, 0.1) is 12.1 Å². The van der Waals surface area contributed by atoms with E-state index in [4.69, 9.17) is 16.0 Å².